The van der Waals surface area contributed by atoms with E-state index in [4.69, 9.17) is 10.3 Å². The van der Waals surface area contributed by atoms with Crippen molar-refractivity contribution in [1.29, 1.82) is 0 Å². The Bertz CT molecular complexity index is 329. The molecule has 0 radical (unpaired) electrons. The highest BCUT2D eigenvalue weighted by molar-refractivity contribution is 5.09. The van der Waals surface area contributed by atoms with E-state index in [1.807, 2.05) is 0 Å². The second kappa shape index (κ2) is 6.20. The van der Waals surface area contributed by atoms with Crippen LogP contribution in [0, 0.1) is 5.92 Å². The molecule has 17 heavy (non-hydrogen) atoms. The Hall–Kier alpha value is -0.830. The van der Waals surface area contributed by atoms with Crippen LogP contribution in [0.1, 0.15) is 69.4 Å². The van der Waals surface area contributed by atoms with Crippen LogP contribution < -0.4 is 5.73 Å². The molecule has 2 rings (SSSR count). The van der Waals surface area contributed by atoms with Crippen LogP contribution in [0.5, 0.6) is 0 Å². The number of nitrogens with zero attached hydrogens (tertiary/aromatic N) is 1. The molecule has 1 aliphatic carbocycles. The molecule has 96 valence electrons. The summed E-state index contributed by atoms with van der Waals surface area (Å²) in [6.45, 7) is 2.14. The molecule has 1 aromatic rings. The third-order valence-electron chi connectivity index (χ3n) is 3.76. The molecule has 1 aromatic heterocycles. The lowest BCUT2D eigenvalue weighted by Gasteiger charge is -2.19. The zero-order valence-corrected chi connectivity index (χ0v) is 10.8. The van der Waals surface area contributed by atoms with Crippen LogP contribution in [0.3, 0.4) is 0 Å². The lowest BCUT2D eigenvalue weighted by Crippen LogP contribution is -2.10. The first-order valence-corrected chi connectivity index (χ1v) is 7.00. The molecule has 1 unspecified atom stereocenters. The standard InChI is InChI=1S/C14H24N2O/c1-2-6-13(15)14-10-12(16-17-14)9-11-7-4-3-5-8-11/h10-11,13H,2-9,15H2,1H3. The lowest BCUT2D eigenvalue weighted by atomic mass is 9.86. The first-order valence-electron chi connectivity index (χ1n) is 7.00. The van der Waals surface area contributed by atoms with Gasteiger partial charge in [-0.05, 0) is 18.8 Å². The van der Waals surface area contributed by atoms with Crippen molar-refractivity contribution < 1.29 is 4.52 Å². The summed E-state index contributed by atoms with van der Waals surface area (Å²) >= 11 is 0. The van der Waals surface area contributed by atoms with Gasteiger partial charge in [0.05, 0.1) is 11.7 Å². The fourth-order valence-electron chi connectivity index (χ4n) is 2.74. The maximum absolute atomic E-state index is 6.02. The minimum absolute atomic E-state index is 0.0209. The summed E-state index contributed by atoms with van der Waals surface area (Å²) in [5, 5.41) is 4.16. The van der Waals surface area contributed by atoms with Gasteiger partial charge in [0.15, 0.2) is 5.76 Å². The highest BCUT2D eigenvalue weighted by atomic mass is 16.5. The van der Waals surface area contributed by atoms with Crippen LogP contribution in [0.4, 0.5) is 0 Å². The van der Waals surface area contributed by atoms with Gasteiger partial charge >= 0.3 is 0 Å². The van der Waals surface area contributed by atoms with E-state index in [1.54, 1.807) is 0 Å². The molecule has 1 heterocycles. The number of rotatable bonds is 5. The van der Waals surface area contributed by atoms with Crippen molar-refractivity contribution in [3.8, 4) is 0 Å². The van der Waals surface area contributed by atoms with Crippen LogP contribution in [0.25, 0.3) is 0 Å². The summed E-state index contributed by atoms with van der Waals surface area (Å²) in [6, 6.07) is 2.09. The molecule has 0 bridgehead atoms. The quantitative estimate of drug-likeness (QED) is 0.849. The molecule has 1 atom stereocenters. The first kappa shape index (κ1) is 12.6. The van der Waals surface area contributed by atoms with Gasteiger partial charge < -0.3 is 10.3 Å². The van der Waals surface area contributed by atoms with E-state index < -0.39 is 0 Å². The number of nitrogens with two attached hydrogens (primary N) is 1. The topological polar surface area (TPSA) is 52.0 Å². The van der Waals surface area contributed by atoms with E-state index >= 15 is 0 Å². The van der Waals surface area contributed by atoms with Gasteiger partial charge in [0.1, 0.15) is 0 Å². The molecule has 3 nitrogen and oxygen atoms in total. The largest absolute Gasteiger partial charge is 0.359 e. The Labute approximate surface area is 104 Å². The third kappa shape index (κ3) is 3.56. The molecule has 1 aliphatic rings. The molecule has 0 spiro atoms. The Kier molecular flexibility index (Phi) is 4.60. The normalized spacial score (nSPS) is 19.4. The third-order valence-corrected chi connectivity index (χ3v) is 3.76. The fourth-order valence-corrected chi connectivity index (χ4v) is 2.74. The Morgan fingerprint density at radius 2 is 2.18 bits per heavy atom. The summed E-state index contributed by atoms with van der Waals surface area (Å²) in [6.07, 6.45) is 9.99. The Morgan fingerprint density at radius 1 is 1.41 bits per heavy atom. The second-order valence-electron chi connectivity index (χ2n) is 5.32. The van der Waals surface area contributed by atoms with Gasteiger partial charge in [0, 0.05) is 6.07 Å². The minimum Gasteiger partial charge on any atom is -0.359 e. The predicted octanol–water partition coefficient (Wildman–Crippen LogP) is 3.60. The van der Waals surface area contributed by atoms with E-state index in [1.165, 1.54) is 32.1 Å². The van der Waals surface area contributed by atoms with Gasteiger partial charge in [-0.25, -0.2) is 0 Å². The van der Waals surface area contributed by atoms with Crippen molar-refractivity contribution in [2.24, 2.45) is 11.7 Å². The SMILES string of the molecule is CCCC(N)c1cc(CC2CCCCC2)no1. The summed E-state index contributed by atoms with van der Waals surface area (Å²) in [4.78, 5) is 0. The zero-order valence-electron chi connectivity index (χ0n) is 10.8. The van der Waals surface area contributed by atoms with Crippen molar-refractivity contribution in [3.05, 3.63) is 17.5 Å². The van der Waals surface area contributed by atoms with Crippen molar-refractivity contribution in [2.75, 3.05) is 0 Å². The van der Waals surface area contributed by atoms with Crippen LogP contribution in [0.2, 0.25) is 0 Å². The molecule has 0 saturated heterocycles. The number of aromatic nitrogens is 1. The lowest BCUT2D eigenvalue weighted by molar-refractivity contribution is 0.329. The van der Waals surface area contributed by atoms with E-state index in [0.717, 1.165) is 36.6 Å². The average Bonchev–Trinajstić information content (AvgIpc) is 2.79. The molecule has 2 N–H and O–H groups in total. The predicted molar refractivity (Wildman–Crippen MR) is 68.6 cm³/mol. The molecule has 0 aromatic carbocycles. The minimum atomic E-state index is 0.0209. The maximum Gasteiger partial charge on any atom is 0.153 e. The highest BCUT2D eigenvalue weighted by Crippen LogP contribution is 2.27. The van der Waals surface area contributed by atoms with Crippen molar-refractivity contribution in [2.45, 2.75) is 64.3 Å². The molecule has 1 fully saturated rings. The van der Waals surface area contributed by atoms with Crippen LogP contribution >= 0.6 is 0 Å². The molecule has 0 amide bonds. The second-order valence-corrected chi connectivity index (χ2v) is 5.32. The molecular formula is C14H24N2O. The maximum atomic E-state index is 6.02. The fraction of sp³-hybridized carbons (Fsp3) is 0.786. The monoisotopic (exact) mass is 236 g/mol. The van der Waals surface area contributed by atoms with Crippen LogP contribution in [-0.2, 0) is 6.42 Å². The van der Waals surface area contributed by atoms with Gasteiger partial charge in [-0.1, -0.05) is 50.6 Å². The van der Waals surface area contributed by atoms with Crippen molar-refractivity contribution in [1.82, 2.24) is 5.16 Å². The number of hydrogen-bond donors (Lipinski definition) is 1. The number of hydrogen-bond acceptors (Lipinski definition) is 3. The van der Waals surface area contributed by atoms with Gasteiger partial charge in [-0.15, -0.1) is 0 Å². The van der Waals surface area contributed by atoms with Crippen molar-refractivity contribution in [3.63, 3.8) is 0 Å². The Morgan fingerprint density at radius 3 is 2.88 bits per heavy atom. The first-order chi connectivity index (χ1) is 8.29. The average molecular weight is 236 g/mol. The van der Waals surface area contributed by atoms with E-state index in [2.05, 4.69) is 18.1 Å². The van der Waals surface area contributed by atoms with Gasteiger partial charge in [-0.3, -0.25) is 0 Å². The van der Waals surface area contributed by atoms with Crippen LogP contribution in [-0.4, -0.2) is 5.16 Å². The molecule has 1 saturated carbocycles. The van der Waals surface area contributed by atoms with Crippen molar-refractivity contribution >= 4 is 0 Å². The van der Waals surface area contributed by atoms with Gasteiger partial charge in [-0.2, -0.15) is 0 Å². The van der Waals surface area contributed by atoms with Gasteiger partial charge in [0.25, 0.3) is 0 Å². The summed E-state index contributed by atoms with van der Waals surface area (Å²) in [5.74, 6) is 1.67. The van der Waals surface area contributed by atoms with Gasteiger partial charge in [0.2, 0.25) is 0 Å². The van der Waals surface area contributed by atoms with E-state index in [-0.39, 0.29) is 6.04 Å². The van der Waals surface area contributed by atoms with E-state index in [0.29, 0.717) is 0 Å². The van der Waals surface area contributed by atoms with E-state index in [9.17, 15) is 0 Å². The highest BCUT2D eigenvalue weighted by Gasteiger charge is 2.17. The van der Waals surface area contributed by atoms with Crippen LogP contribution in [0.15, 0.2) is 10.6 Å². The summed E-state index contributed by atoms with van der Waals surface area (Å²) in [7, 11) is 0. The molecular weight excluding hydrogens is 212 g/mol. The smallest absolute Gasteiger partial charge is 0.153 e. The summed E-state index contributed by atoms with van der Waals surface area (Å²) in [5.41, 5.74) is 7.11. The Balaban J connectivity index is 1.88. The molecule has 3 heteroatoms. The summed E-state index contributed by atoms with van der Waals surface area (Å²) < 4.78 is 5.35. The molecule has 0 aliphatic heterocycles. The zero-order chi connectivity index (χ0) is 12.1.